The lowest BCUT2D eigenvalue weighted by Crippen LogP contribution is -2.59. The van der Waals surface area contributed by atoms with E-state index in [1.807, 2.05) is 19.9 Å². The zero-order valence-electron chi connectivity index (χ0n) is 16.3. The molecule has 4 aliphatic carbocycles. The average Bonchev–Trinajstić information content (AvgIpc) is 3.05. The highest BCUT2D eigenvalue weighted by Gasteiger charge is 2.66. The Labute approximate surface area is 155 Å². The van der Waals surface area contributed by atoms with Crippen molar-refractivity contribution < 1.29 is 19.1 Å². The molecule has 142 valence electrons. The topological polar surface area (TPSA) is 52.6 Å². The molecule has 4 heteroatoms. The van der Waals surface area contributed by atoms with E-state index in [0.29, 0.717) is 36.4 Å². The van der Waals surface area contributed by atoms with E-state index in [9.17, 15) is 9.59 Å². The second kappa shape index (κ2) is 5.08. The van der Waals surface area contributed by atoms with E-state index in [1.165, 1.54) is 5.57 Å². The molecule has 5 rings (SSSR count). The summed E-state index contributed by atoms with van der Waals surface area (Å²) in [6.45, 7) is 8.49. The van der Waals surface area contributed by atoms with Crippen LogP contribution in [0.25, 0.3) is 0 Å². The Morgan fingerprint density at radius 2 is 1.65 bits per heavy atom. The van der Waals surface area contributed by atoms with Crippen LogP contribution in [0, 0.1) is 28.6 Å². The maximum absolute atomic E-state index is 12.7. The van der Waals surface area contributed by atoms with E-state index in [1.54, 1.807) is 0 Å². The molecule has 0 radical (unpaired) electrons. The van der Waals surface area contributed by atoms with Crippen LogP contribution in [0.3, 0.4) is 0 Å². The van der Waals surface area contributed by atoms with E-state index in [2.05, 4.69) is 13.8 Å². The highest BCUT2D eigenvalue weighted by Crippen LogP contribution is 2.66. The van der Waals surface area contributed by atoms with Gasteiger partial charge in [0.25, 0.3) is 0 Å². The number of carbonyl (C=O) groups is 2. The van der Waals surface area contributed by atoms with E-state index in [-0.39, 0.29) is 28.8 Å². The van der Waals surface area contributed by atoms with Gasteiger partial charge in [-0.25, -0.2) is 0 Å². The van der Waals surface area contributed by atoms with Crippen LogP contribution in [0.15, 0.2) is 11.6 Å². The Morgan fingerprint density at radius 1 is 0.923 bits per heavy atom. The third-order valence-corrected chi connectivity index (χ3v) is 8.54. The molecule has 7 atom stereocenters. The summed E-state index contributed by atoms with van der Waals surface area (Å²) in [5.41, 5.74) is 0.971. The van der Waals surface area contributed by atoms with Gasteiger partial charge in [-0.15, -0.1) is 0 Å². The lowest BCUT2D eigenvalue weighted by molar-refractivity contribution is -0.162. The summed E-state index contributed by atoms with van der Waals surface area (Å²) in [5.74, 6) is 1.24. The molecule has 0 amide bonds. The zero-order valence-corrected chi connectivity index (χ0v) is 16.3. The van der Waals surface area contributed by atoms with E-state index < -0.39 is 5.79 Å². The molecule has 0 aromatic rings. The summed E-state index contributed by atoms with van der Waals surface area (Å²) in [6.07, 6.45) is 6.97. The highest BCUT2D eigenvalue weighted by molar-refractivity contribution is 5.92. The van der Waals surface area contributed by atoms with Crippen LogP contribution in [-0.4, -0.2) is 29.6 Å². The van der Waals surface area contributed by atoms with Crippen molar-refractivity contribution in [2.24, 2.45) is 28.6 Å². The third-order valence-electron chi connectivity index (χ3n) is 8.54. The van der Waals surface area contributed by atoms with E-state index >= 15 is 0 Å². The molecular weight excluding hydrogens is 328 g/mol. The van der Waals surface area contributed by atoms with Crippen molar-refractivity contribution in [3.05, 3.63) is 11.6 Å². The van der Waals surface area contributed by atoms with Crippen molar-refractivity contribution in [2.45, 2.75) is 84.2 Å². The number of ketones is 2. The van der Waals surface area contributed by atoms with Crippen LogP contribution in [0.4, 0.5) is 0 Å². The second-order valence-corrected chi connectivity index (χ2v) is 10.2. The fourth-order valence-electron chi connectivity index (χ4n) is 7.22. The fourth-order valence-corrected chi connectivity index (χ4v) is 7.22. The van der Waals surface area contributed by atoms with E-state index in [4.69, 9.17) is 9.47 Å². The van der Waals surface area contributed by atoms with Gasteiger partial charge < -0.3 is 9.47 Å². The van der Waals surface area contributed by atoms with Crippen molar-refractivity contribution in [2.75, 3.05) is 0 Å². The Morgan fingerprint density at radius 3 is 2.42 bits per heavy atom. The van der Waals surface area contributed by atoms with Gasteiger partial charge in [-0.3, -0.25) is 9.59 Å². The maximum Gasteiger partial charge on any atom is 0.164 e. The molecular formula is C22H30O4. The summed E-state index contributed by atoms with van der Waals surface area (Å²) in [7, 11) is 0. The van der Waals surface area contributed by atoms with Crippen LogP contribution in [0.1, 0.15) is 66.2 Å². The molecule has 1 saturated heterocycles. The molecule has 5 aliphatic rings. The Balaban J connectivity index is 1.65. The summed E-state index contributed by atoms with van der Waals surface area (Å²) in [6, 6.07) is 0. The third kappa shape index (κ3) is 2.03. The summed E-state index contributed by atoms with van der Waals surface area (Å²) < 4.78 is 12.8. The lowest BCUT2D eigenvalue weighted by Gasteiger charge is -2.59. The van der Waals surface area contributed by atoms with Gasteiger partial charge in [0.15, 0.2) is 11.6 Å². The maximum atomic E-state index is 12.7. The first-order valence-corrected chi connectivity index (χ1v) is 10.3. The minimum absolute atomic E-state index is 0.00348. The first-order valence-electron chi connectivity index (χ1n) is 10.3. The predicted octanol–water partition coefficient (Wildman–Crippen LogP) is 3.83. The van der Waals surface area contributed by atoms with Crippen molar-refractivity contribution in [1.29, 1.82) is 0 Å². The van der Waals surface area contributed by atoms with Crippen LogP contribution < -0.4 is 0 Å². The molecule has 0 N–H and O–H groups in total. The van der Waals surface area contributed by atoms with Crippen LogP contribution in [0.5, 0.6) is 0 Å². The number of ether oxygens (including phenoxy) is 2. The normalized spacial score (nSPS) is 52.0. The second-order valence-electron chi connectivity index (χ2n) is 10.2. The molecule has 26 heavy (non-hydrogen) atoms. The number of fused-ring (bicyclic) bond motifs is 8. The highest BCUT2D eigenvalue weighted by atomic mass is 16.8. The van der Waals surface area contributed by atoms with Gasteiger partial charge in [-0.1, -0.05) is 13.8 Å². The molecule has 0 bridgehead atoms. The summed E-state index contributed by atoms with van der Waals surface area (Å²) in [5, 5.41) is 0. The summed E-state index contributed by atoms with van der Waals surface area (Å²) in [4.78, 5) is 24.9. The number of hydrogen-bond acceptors (Lipinski definition) is 4. The molecule has 0 aromatic heterocycles. The zero-order chi connectivity index (χ0) is 18.5. The van der Waals surface area contributed by atoms with Crippen LogP contribution >= 0.6 is 0 Å². The van der Waals surface area contributed by atoms with Gasteiger partial charge in [0.2, 0.25) is 0 Å². The average molecular weight is 358 g/mol. The number of rotatable bonds is 0. The van der Waals surface area contributed by atoms with Gasteiger partial charge in [-0.05, 0) is 74.3 Å². The quantitative estimate of drug-likeness (QED) is 0.660. The Kier molecular flexibility index (Phi) is 3.34. The Bertz CT molecular complexity index is 722. The summed E-state index contributed by atoms with van der Waals surface area (Å²) >= 11 is 0. The van der Waals surface area contributed by atoms with Gasteiger partial charge in [-0.2, -0.15) is 0 Å². The lowest BCUT2D eigenvalue weighted by atomic mass is 9.46. The Hall–Kier alpha value is -1.00. The predicted molar refractivity (Wildman–Crippen MR) is 96.3 cm³/mol. The van der Waals surface area contributed by atoms with Gasteiger partial charge >= 0.3 is 0 Å². The standard InChI is InChI=1S/C22H30O4/c1-20(2)25-18-15-11-12(23)7-9-21(15,3)14-8-10-22(4)13(5-6-16(22)24)17(14)19(18)26-20/h11,13-14,17-19H,5-10H2,1-4H3/t13?,14?,17?,18-,19-,21-,22+/m1/s1. The molecule has 1 aliphatic heterocycles. The van der Waals surface area contributed by atoms with Crippen molar-refractivity contribution in [3.8, 4) is 0 Å². The fraction of sp³-hybridized carbons (Fsp3) is 0.818. The van der Waals surface area contributed by atoms with Gasteiger partial charge in [0.05, 0.1) is 6.10 Å². The SMILES string of the molecule is CC1(C)O[C@@H]2C3=CC(=O)CC[C@]3(C)C3CC[C@]4(C)C(=O)CCC4C3[C@H]2O1. The van der Waals surface area contributed by atoms with E-state index in [0.717, 1.165) is 25.7 Å². The van der Waals surface area contributed by atoms with Crippen molar-refractivity contribution in [3.63, 3.8) is 0 Å². The molecule has 4 nitrogen and oxygen atoms in total. The minimum atomic E-state index is -0.636. The molecule has 3 saturated carbocycles. The smallest absolute Gasteiger partial charge is 0.164 e. The first-order chi connectivity index (χ1) is 12.2. The van der Waals surface area contributed by atoms with Crippen LogP contribution in [0.2, 0.25) is 0 Å². The first kappa shape index (κ1) is 17.1. The van der Waals surface area contributed by atoms with Gasteiger partial charge in [0.1, 0.15) is 11.9 Å². The van der Waals surface area contributed by atoms with Gasteiger partial charge in [0, 0.05) is 18.3 Å². The number of hydrogen-bond donors (Lipinski definition) is 0. The molecule has 0 aromatic carbocycles. The minimum Gasteiger partial charge on any atom is -0.344 e. The molecule has 4 fully saturated rings. The largest absolute Gasteiger partial charge is 0.344 e. The molecule has 1 heterocycles. The number of Topliss-reactive ketones (excluding diaryl/α,β-unsaturated/α-hetero) is 1. The monoisotopic (exact) mass is 358 g/mol. The number of carbonyl (C=O) groups excluding carboxylic acids is 2. The van der Waals surface area contributed by atoms with Crippen molar-refractivity contribution >= 4 is 11.6 Å². The molecule has 0 spiro atoms. The molecule has 3 unspecified atom stereocenters. The van der Waals surface area contributed by atoms with Crippen LogP contribution in [-0.2, 0) is 19.1 Å². The van der Waals surface area contributed by atoms with Crippen molar-refractivity contribution in [1.82, 2.24) is 0 Å².